The van der Waals surface area contributed by atoms with Gasteiger partial charge in [0.1, 0.15) is 18.2 Å². The molecular formula is C20H21FN4O2S. The number of halogens is 1. The number of carbonyl (C=O) groups excluding carboxylic acids is 1. The van der Waals surface area contributed by atoms with E-state index < -0.39 is 0 Å². The molecule has 1 amide bonds. The molecule has 0 aliphatic heterocycles. The number of benzene rings is 2. The third kappa shape index (κ3) is 4.89. The Hall–Kier alpha value is -2.87. The number of nitrogens with one attached hydrogen (secondary N) is 1. The van der Waals surface area contributed by atoms with Gasteiger partial charge < -0.3 is 14.6 Å². The van der Waals surface area contributed by atoms with Crippen LogP contribution in [0.1, 0.15) is 17.0 Å². The minimum atomic E-state index is -0.345. The molecule has 0 spiro atoms. The molecule has 0 aliphatic rings. The first-order chi connectivity index (χ1) is 13.4. The smallest absolute Gasteiger partial charge is 0.234 e. The molecule has 1 N–H and O–H groups in total. The van der Waals surface area contributed by atoms with Gasteiger partial charge in [-0.15, -0.1) is 10.2 Å². The highest BCUT2D eigenvalue weighted by Crippen LogP contribution is 2.24. The molecule has 146 valence electrons. The summed E-state index contributed by atoms with van der Waals surface area (Å²) in [6.45, 7) is 4.29. The fraction of sp³-hybridized carbons (Fsp3) is 0.250. The number of amides is 1. The van der Waals surface area contributed by atoms with Gasteiger partial charge in [-0.1, -0.05) is 30.0 Å². The third-order valence-corrected chi connectivity index (χ3v) is 5.16. The number of ether oxygens (including phenoxy) is 1. The van der Waals surface area contributed by atoms with E-state index in [9.17, 15) is 9.18 Å². The van der Waals surface area contributed by atoms with Crippen molar-refractivity contribution < 1.29 is 13.9 Å². The van der Waals surface area contributed by atoms with Crippen molar-refractivity contribution >= 4 is 23.4 Å². The fourth-order valence-electron chi connectivity index (χ4n) is 2.62. The van der Waals surface area contributed by atoms with E-state index in [2.05, 4.69) is 15.5 Å². The summed E-state index contributed by atoms with van der Waals surface area (Å²) in [5, 5.41) is 11.6. The third-order valence-electron chi connectivity index (χ3n) is 4.14. The van der Waals surface area contributed by atoms with E-state index >= 15 is 0 Å². The second kappa shape index (κ2) is 8.88. The number of aromatic nitrogens is 3. The van der Waals surface area contributed by atoms with Gasteiger partial charge in [0.15, 0.2) is 11.0 Å². The van der Waals surface area contributed by atoms with Crippen LogP contribution in [0.15, 0.2) is 47.6 Å². The number of rotatable bonds is 7. The highest BCUT2D eigenvalue weighted by molar-refractivity contribution is 7.99. The second-order valence-electron chi connectivity index (χ2n) is 6.31. The number of carbonyl (C=O) groups is 1. The second-order valence-corrected chi connectivity index (χ2v) is 7.25. The van der Waals surface area contributed by atoms with Crippen LogP contribution >= 0.6 is 11.8 Å². The van der Waals surface area contributed by atoms with E-state index in [1.165, 1.54) is 36.0 Å². The number of hydrogen-bond acceptors (Lipinski definition) is 5. The molecule has 0 atom stereocenters. The van der Waals surface area contributed by atoms with Gasteiger partial charge >= 0.3 is 0 Å². The van der Waals surface area contributed by atoms with Crippen molar-refractivity contribution in [3.8, 4) is 5.75 Å². The van der Waals surface area contributed by atoms with Crippen molar-refractivity contribution in [2.45, 2.75) is 25.6 Å². The number of aryl methyl sites for hydroxylation is 2. The predicted molar refractivity (Wildman–Crippen MR) is 107 cm³/mol. The molecule has 0 bridgehead atoms. The Kier molecular flexibility index (Phi) is 6.30. The summed E-state index contributed by atoms with van der Waals surface area (Å²) in [4.78, 5) is 12.1. The molecule has 1 heterocycles. The monoisotopic (exact) mass is 400 g/mol. The van der Waals surface area contributed by atoms with Crippen molar-refractivity contribution in [2.75, 3.05) is 11.1 Å². The van der Waals surface area contributed by atoms with Gasteiger partial charge in [0, 0.05) is 12.7 Å². The van der Waals surface area contributed by atoms with Crippen molar-refractivity contribution in [2.24, 2.45) is 7.05 Å². The molecule has 2 aromatic carbocycles. The zero-order valence-corrected chi connectivity index (χ0v) is 16.7. The number of anilines is 1. The lowest BCUT2D eigenvalue weighted by Gasteiger charge is -2.11. The van der Waals surface area contributed by atoms with E-state index in [1.807, 2.05) is 43.7 Å². The van der Waals surface area contributed by atoms with Gasteiger partial charge in [0.2, 0.25) is 5.91 Å². The predicted octanol–water partition coefficient (Wildman–Crippen LogP) is 3.88. The van der Waals surface area contributed by atoms with Gasteiger partial charge in [0.05, 0.1) is 5.75 Å². The quantitative estimate of drug-likeness (QED) is 0.610. The van der Waals surface area contributed by atoms with Crippen molar-refractivity contribution in [3.63, 3.8) is 0 Å². The Morgan fingerprint density at radius 2 is 1.82 bits per heavy atom. The molecule has 28 heavy (non-hydrogen) atoms. The molecule has 3 rings (SSSR count). The zero-order valence-electron chi connectivity index (χ0n) is 15.9. The van der Waals surface area contributed by atoms with E-state index in [0.717, 1.165) is 16.9 Å². The minimum Gasteiger partial charge on any atom is -0.485 e. The van der Waals surface area contributed by atoms with Crippen LogP contribution in [0.2, 0.25) is 0 Å². The van der Waals surface area contributed by atoms with Crippen LogP contribution in [-0.2, 0) is 18.4 Å². The lowest BCUT2D eigenvalue weighted by atomic mass is 10.1. The van der Waals surface area contributed by atoms with Crippen LogP contribution in [0.3, 0.4) is 0 Å². The standard InChI is InChI=1S/C20H21FN4O2S/c1-13-5-4-6-14(2)19(13)27-11-17-23-24-20(25(17)3)28-12-18(26)22-16-9-7-15(21)8-10-16/h4-10H,11-12H2,1-3H3,(H,22,26). The summed E-state index contributed by atoms with van der Waals surface area (Å²) >= 11 is 1.27. The normalized spacial score (nSPS) is 10.7. The first-order valence-corrected chi connectivity index (χ1v) is 9.68. The Morgan fingerprint density at radius 1 is 1.14 bits per heavy atom. The van der Waals surface area contributed by atoms with Crippen LogP contribution < -0.4 is 10.1 Å². The lowest BCUT2D eigenvalue weighted by molar-refractivity contribution is -0.113. The van der Waals surface area contributed by atoms with Gasteiger partial charge in [-0.05, 0) is 49.2 Å². The molecule has 0 unspecified atom stereocenters. The molecule has 0 saturated carbocycles. The summed E-state index contributed by atoms with van der Waals surface area (Å²) in [5.74, 6) is 1.14. The van der Waals surface area contributed by atoms with E-state index in [0.29, 0.717) is 16.7 Å². The van der Waals surface area contributed by atoms with Crippen LogP contribution in [0, 0.1) is 19.7 Å². The van der Waals surface area contributed by atoms with Gasteiger partial charge in [0.25, 0.3) is 0 Å². The summed E-state index contributed by atoms with van der Waals surface area (Å²) in [6, 6.07) is 11.6. The average molecular weight is 400 g/mol. The molecule has 0 saturated heterocycles. The average Bonchev–Trinajstić information content (AvgIpc) is 3.01. The summed E-state index contributed by atoms with van der Waals surface area (Å²) < 4.78 is 20.6. The van der Waals surface area contributed by atoms with Crippen LogP contribution in [0.5, 0.6) is 5.75 Å². The number of nitrogens with zero attached hydrogens (tertiary/aromatic N) is 3. The summed E-state index contributed by atoms with van der Waals surface area (Å²) in [6.07, 6.45) is 0. The molecule has 3 aromatic rings. The maximum Gasteiger partial charge on any atom is 0.234 e. The Bertz CT molecular complexity index is 953. The zero-order chi connectivity index (χ0) is 20.1. The number of thioether (sulfide) groups is 1. The van der Waals surface area contributed by atoms with Crippen molar-refractivity contribution in [1.82, 2.24) is 14.8 Å². The van der Waals surface area contributed by atoms with Gasteiger partial charge in [-0.25, -0.2) is 4.39 Å². The lowest BCUT2D eigenvalue weighted by Crippen LogP contribution is -2.14. The maximum atomic E-state index is 12.9. The van der Waals surface area contributed by atoms with Crippen LogP contribution in [0.25, 0.3) is 0 Å². The van der Waals surface area contributed by atoms with Crippen molar-refractivity contribution in [3.05, 3.63) is 65.2 Å². The first kappa shape index (κ1) is 19.9. The van der Waals surface area contributed by atoms with E-state index in [4.69, 9.17) is 4.74 Å². The SMILES string of the molecule is Cc1cccc(C)c1OCc1nnc(SCC(=O)Nc2ccc(F)cc2)n1C. The van der Waals surface area contributed by atoms with E-state index in [1.54, 1.807) is 0 Å². The molecule has 8 heteroatoms. The van der Waals surface area contributed by atoms with Gasteiger partial charge in [-0.2, -0.15) is 0 Å². The van der Waals surface area contributed by atoms with Crippen LogP contribution in [-0.4, -0.2) is 26.4 Å². The summed E-state index contributed by atoms with van der Waals surface area (Å²) in [7, 11) is 1.84. The van der Waals surface area contributed by atoms with E-state index in [-0.39, 0.29) is 24.1 Å². The molecular weight excluding hydrogens is 379 g/mol. The number of para-hydroxylation sites is 1. The fourth-order valence-corrected chi connectivity index (χ4v) is 3.35. The molecule has 6 nitrogen and oxygen atoms in total. The Labute approximate surface area is 167 Å². The molecule has 0 fully saturated rings. The number of hydrogen-bond donors (Lipinski definition) is 1. The topological polar surface area (TPSA) is 69.0 Å². The largest absolute Gasteiger partial charge is 0.485 e. The summed E-state index contributed by atoms with van der Waals surface area (Å²) in [5.41, 5.74) is 2.68. The molecule has 0 radical (unpaired) electrons. The maximum absolute atomic E-state index is 12.9. The Balaban J connectivity index is 1.55. The minimum absolute atomic E-state index is 0.168. The van der Waals surface area contributed by atoms with Gasteiger partial charge in [-0.3, -0.25) is 4.79 Å². The van der Waals surface area contributed by atoms with Crippen LogP contribution in [0.4, 0.5) is 10.1 Å². The highest BCUT2D eigenvalue weighted by atomic mass is 32.2. The first-order valence-electron chi connectivity index (χ1n) is 8.69. The Morgan fingerprint density at radius 3 is 2.50 bits per heavy atom. The molecule has 0 aliphatic carbocycles. The van der Waals surface area contributed by atoms with Crippen molar-refractivity contribution in [1.29, 1.82) is 0 Å². The highest BCUT2D eigenvalue weighted by Gasteiger charge is 2.13. The molecule has 1 aromatic heterocycles.